The summed E-state index contributed by atoms with van der Waals surface area (Å²) in [5.74, 6) is 0. The summed E-state index contributed by atoms with van der Waals surface area (Å²) in [6.45, 7) is 9.39. The van der Waals surface area contributed by atoms with Crippen LogP contribution in [0.15, 0.2) is 0 Å². The first-order chi connectivity index (χ1) is 9.74. The van der Waals surface area contributed by atoms with Gasteiger partial charge in [-0.3, -0.25) is 9.80 Å². The van der Waals surface area contributed by atoms with Gasteiger partial charge in [0.2, 0.25) is 0 Å². The zero-order valence-electron chi connectivity index (χ0n) is 13.8. The van der Waals surface area contributed by atoms with E-state index < -0.39 is 34.8 Å². The van der Waals surface area contributed by atoms with Gasteiger partial charge < -0.3 is 19.7 Å². The Kier molecular flexibility index (Phi) is 3.43. The van der Waals surface area contributed by atoms with E-state index in [9.17, 15) is 19.8 Å². The van der Waals surface area contributed by atoms with E-state index in [1.807, 2.05) is 0 Å². The minimum atomic E-state index is -1.52. The smallest absolute Gasteiger partial charge is 0.412 e. The first kappa shape index (κ1) is 16.8. The van der Waals surface area contributed by atoms with Crippen molar-refractivity contribution in [2.24, 2.45) is 0 Å². The van der Waals surface area contributed by atoms with E-state index in [0.717, 1.165) is 9.80 Å². The molecular weight excluding hydrogens is 292 g/mol. The Morgan fingerprint density at radius 3 is 1.23 bits per heavy atom. The van der Waals surface area contributed by atoms with Crippen LogP contribution in [0.5, 0.6) is 0 Å². The molecule has 2 rings (SSSR count). The molecule has 0 aromatic carbocycles. The third-order valence-electron chi connectivity index (χ3n) is 5.01. The number of aliphatic hydroxyl groups is 2. The number of rotatable bonds is 3. The van der Waals surface area contributed by atoms with E-state index in [2.05, 4.69) is 0 Å². The van der Waals surface area contributed by atoms with Crippen molar-refractivity contribution in [3.63, 3.8) is 0 Å². The SMILES string of the molecule is CC1(C)OC(=O)N(CCN2C(=O)OC(C)(C)[C@@]2(C)O)[C@]1(C)O. The topological polar surface area (TPSA) is 99.5 Å². The molecular formula is C14H24N2O6. The molecule has 0 aromatic rings. The fourth-order valence-electron chi connectivity index (χ4n) is 2.56. The van der Waals surface area contributed by atoms with Crippen LogP contribution < -0.4 is 0 Å². The zero-order valence-corrected chi connectivity index (χ0v) is 13.8. The maximum atomic E-state index is 11.9. The van der Waals surface area contributed by atoms with Crippen molar-refractivity contribution < 1.29 is 29.3 Å². The minimum Gasteiger partial charge on any atom is -0.438 e. The van der Waals surface area contributed by atoms with Crippen LogP contribution in [-0.2, 0) is 9.47 Å². The Balaban J connectivity index is 2.14. The third-order valence-corrected chi connectivity index (χ3v) is 5.01. The molecule has 0 saturated carbocycles. The fraction of sp³-hybridized carbons (Fsp3) is 0.857. The monoisotopic (exact) mass is 316 g/mol. The maximum absolute atomic E-state index is 11.9. The van der Waals surface area contributed by atoms with Crippen LogP contribution >= 0.6 is 0 Å². The van der Waals surface area contributed by atoms with Gasteiger partial charge in [-0.15, -0.1) is 0 Å². The highest BCUT2D eigenvalue weighted by Crippen LogP contribution is 2.39. The lowest BCUT2D eigenvalue weighted by Crippen LogP contribution is -2.58. The van der Waals surface area contributed by atoms with Gasteiger partial charge in [-0.25, -0.2) is 9.59 Å². The average Bonchev–Trinajstić information content (AvgIpc) is 2.54. The molecule has 2 heterocycles. The van der Waals surface area contributed by atoms with Gasteiger partial charge in [-0.1, -0.05) is 0 Å². The Bertz CT molecular complexity index is 465. The summed E-state index contributed by atoms with van der Waals surface area (Å²) >= 11 is 0. The van der Waals surface area contributed by atoms with Crippen LogP contribution in [0.2, 0.25) is 0 Å². The van der Waals surface area contributed by atoms with E-state index in [-0.39, 0.29) is 13.1 Å². The van der Waals surface area contributed by atoms with Crippen molar-refractivity contribution in [3.05, 3.63) is 0 Å². The molecule has 2 fully saturated rings. The molecule has 0 aromatic heterocycles. The van der Waals surface area contributed by atoms with E-state index in [0.29, 0.717) is 0 Å². The number of ether oxygens (including phenoxy) is 2. The number of nitrogens with zero attached hydrogens (tertiary/aromatic N) is 2. The van der Waals surface area contributed by atoms with Gasteiger partial charge in [0.1, 0.15) is 0 Å². The third kappa shape index (κ3) is 2.13. The summed E-state index contributed by atoms with van der Waals surface area (Å²) in [5.41, 5.74) is -5.18. The normalized spacial score (nSPS) is 36.5. The first-order valence-electron chi connectivity index (χ1n) is 7.20. The highest BCUT2D eigenvalue weighted by Gasteiger charge is 2.59. The first-order valence-corrected chi connectivity index (χ1v) is 7.20. The summed E-state index contributed by atoms with van der Waals surface area (Å²) in [6.07, 6.45) is -1.33. The van der Waals surface area contributed by atoms with Crippen LogP contribution in [0.25, 0.3) is 0 Å². The molecule has 2 aliphatic rings. The molecule has 0 radical (unpaired) electrons. The second kappa shape index (κ2) is 4.48. The van der Waals surface area contributed by atoms with Crippen molar-refractivity contribution in [3.8, 4) is 0 Å². The second-order valence-corrected chi connectivity index (χ2v) is 7.10. The highest BCUT2D eigenvalue weighted by molar-refractivity contribution is 5.73. The predicted octanol–water partition coefficient (Wildman–Crippen LogP) is 0.865. The van der Waals surface area contributed by atoms with Gasteiger partial charge in [0, 0.05) is 13.1 Å². The maximum Gasteiger partial charge on any atom is 0.412 e. The Hall–Kier alpha value is -1.54. The van der Waals surface area contributed by atoms with E-state index in [4.69, 9.17) is 9.47 Å². The molecule has 0 unspecified atom stereocenters. The molecule has 22 heavy (non-hydrogen) atoms. The largest absolute Gasteiger partial charge is 0.438 e. The molecule has 8 heteroatoms. The van der Waals surface area contributed by atoms with Crippen molar-refractivity contribution in [1.82, 2.24) is 9.80 Å². The molecule has 2 amide bonds. The zero-order chi connectivity index (χ0) is 17.1. The molecule has 2 saturated heterocycles. The van der Waals surface area contributed by atoms with Gasteiger partial charge in [-0.05, 0) is 41.5 Å². The lowest BCUT2D eigenvalue weighted by atomic mass is 9.95. The summed E-state index contributed by atoms with van der Waals surface area (Å²) in [4.78, 5) is 26.1. The van der Waals surface area contributed by atoms with Crippen LogP contribution in [0, 0.1) is 0 Å². The van der Waals surface area contributed by atoms with Crippen molar-refractivity contribution >= 4 is 12.2 Å². The van der Waals surface area contributed by atoms with Crippen LogP contribution in [0.1, 0.15) is 41.5 Å². The Morgan fingerprint density at radius 1 is 0.773 bits per heavy atom. The highest BCUT2D eigenvalue weighted by atomic mass is 16.6. The van der Waals surface area contributed by atoms with Gasteiger partial charge in [0.05, 0.1) is 0 Å². The molecule has 8 nitrogen and oxygen atoms in total. The van der Waals surface area contributed by atoms with Gasteiger partial charge in [-0.2, -0.15) is 0 Å². The molecule has 2 atom stereocenters. The summed E-state index contributed by atoms with van der Waals surface area (Å²) in [6, 6.07) is 0. The number of cyclic esters (lactones) is 2. The predicted molar refractivity (Wildman–Crippen MR) is 75.8 cm³/mol. The van der Waals surface area contributed by atoms with Gasteiger partial charge >= 0.3 is 12.2 Å². The second-order valence-electron chi connectivity index (χ2n) is 7.10. The molecule has 126 valence electrons. The standard InChI is InChI=1S/C14H24N2O6/c1-11(2)13(5,19)15(9(17)21-11)7-8-16-10(18)22-12(3,4)14(16,6)20/h19-20H,7-8H2,1-6H3/t13-,14-/m1/s1. The Labute approximate surface area is 129 Å². The minimum absolute atomic E-state index is 0.0105. The van der Waals surface area contributed by atoms with E-state index in [1.165, 1.54) is 13.8 Å². The number of carbonyl (C=O) groups excluding carboxylic acids is 2. The van der Waals surface area contributed by atoms with Crippen molar-refractivity contribution in [1.29, 1.82) is 0 Å². The molecule has 0 bridgehead atoms. The average molecular weight is 316 g/mol. The molecule has 0 spiro atoms. The lowest BCUT2D eigenvalue weighted by Gasteiger charge is -2.38. The van der Waals surface area contributed by atoms with E-state index in [1.54, 1.807) is 27.7 Å². The van der Waals surface area contributed by atoms with E-state index >= 15 is 0 Å². The molecule has 2 N–H and O–H groups in total. The molecule has 0 aliphatic carbocycles. The molecule has 2 aliphatic heterocycles. The van der Waals surface area contributed by atoms with Crippen molar-refractivity contribution in [2.45, 2.75) is 64.2 Å². The number of amides is 2. The summed E-state index contributed by atoms with van der Waals surface area (Å²) in [5, 5.41) is 21.0. The Morgan fingerprint density at radius 2 is 1.05 bits per heavy atom. The fourth-order valence-corrected chi connectivity index (χ4v) is 2.56. The lowest BCUT2D eigenvalue weighted by molar-refractivity contribution is -0.141. The van der Waals surface area contributed by atoms with Crippen LogP contribution in [0.3, 0.4) is 0 Å². The van der Waals surface area contributed by atoms with Gasteiger partial charge in [0.25, 0.3) is 0 Å². The number of hydrogen-bond donors (Lipinski definition) is 2. The summed E-state index contributed by atoms with van der Waals surface area (Å²) in [7, 11) is 0. The van der Waals surface area contributed by atoms with Crippen LogP contribution in [0.4, 0.5) is 9.59 Å². The van der Waals surface area contributed by atoms with Crippen LogP contribution in [-0.4, -0.2) is 67.9 Å². The number of hydrogen-bond acceptors (Lipinski definition) is 6. The summed E-state index contributed by atoms with van der Waals surface area (Å²) < 4.78 is 10.3. The van der Waals surface area contributed by atoms with Crippen molar-refractivity contribution in [2.75, 3.05) is 13.1 Å². The van der Waals surface area contributed by atoms with Gasteiger partial charge in [0.15, 0.2) is 22.7 Å². The number of carbonyl (C=O) groups is 2. The quantitative estimate of drug-likeness (QED) is 0.801.